The van der Waals surface area contributed by atoms with Gasteiger partial charge in [0, 0.05) is 12.3 Å². The molecule has 1 fully saturated rings. The van der Waals surface area contributed by atoms with Gasteiger partial charge < -0.3 is 10.2 Å². The molecule has 1 aliphatic carbocycles. The molecule has 0 aromatic heterocycles. The van der Waals surface area contributed by atoms with Crippen LogP contribution in [0.5, 0.6) is 0 Å². The molecule has 3 nitrogen and oxygen atoms in total. The maximum absolute atomic E-state index is 12.4. The van der Waals surface area contributed by atoms with Crippen LogP contribution < -0.4 is 0 Å². The van der Waals surface area contributed by atoms with Gasteiger partial charge in [0.05, 0.1) is 11.7 Å². The third kappa shape index (κ3) is 5.06. The predicted molar refractivity (Wildman–Crippen MR) is 90.5 cm³/mol. The number of aliphatic hydroxyl groups is 2. The third-order valence-electron chi connectivity index (χ3n) is 5.91. The van der Waals surface area contributed by atoms with Crippen molar-refractivity contribution in [2.45, 2.75) is 85.4 Å². The topological polar surface area (TPSA) is 57.5 Å². The number of Topliss-reactive ketones (excluding diaryl/α,β-unsaturated/α-hetero) is 1. The van der Waals surface area contributed by atoms with E-state index < -0.39 is 11.7 Å². The van der Waals surface area contributed by atoms with Gasteiger partial charge in [-0.05, 0) is 49.9 Å². The lowest BCUT2D eigenvalue weighted by Crippen LogP contribution is -2.39. The quantitative estimate of drug-likeness (QED) is 0.774. The number of ketones is 1. The SMILES string of the molecule is CCC1C(C)C[C@H](C)CC(C)(O)CCC(=O)C(C)C(O)C1C. The summed E-state index contributed by atoms with van der Waals surface area (Å²) >= 11 is 0. The van der Waals surface area contributed by atoms with Gasteiger partial charge >= 0.3 is 0 Å². The molecule has 0 aromatic rings. The highest BCUT2D eigenvalue weighted by Crippen LogP contribution is 2.36. The van der Waals surface area contributed by atoms with Gasteiger partial charge in [0.2, 0.25) is 0 Å². The van der Waals surface area contributed by atoms with Gasteiger partial charge in [-0.2, -0.15) is 0 Å². The summed E-state index contributed by atoms with van der Waals surface area (Å²) in [7, 11) is 0. The van der Waals surface area contributed by atoms with Crippen LogP contribution >= 0.6 is 0 Å². The van der Waals surface area contributed by atoms with Crippen LogP contribution in [0.15, 0.2) is 0 Å². The minimum atomic E-state index is -0.786. The van der Waals surface area contributed by atoms with E-state index in [0.717, 1.165) is 19.3 Å². The van der Waals surface area contributed by atoms with E-state index in [2.05, 4.69) is 27.7 Å². The molecule has 0 saturated heterocycles. The molecule has 0 aromatic carbocycles. The Kier molecular flexibility index (Phi) is 7.07. The minimum Gasteiger partial charge on any atom is -0.392 e. The molecule has 1 aliphatic rings. The lowest BCUT2D eigenvalue weighted by atomic mass is 9.71. The van der Waals surface area contributed by atoms with Gasteiger partial charge in [-0.3, -0.25) is 4.79 Å². The number of hydrogen-bond donors (Lipinski definition) is 2. The molecule has 2 N–H and O–H groups in total. The zero-order chi connectivity index (χ0) is 17.1. The Morgan fingerprint density at radius 3 is 2.36 bits per heavy atom. The fourth-order valence-corrected chi connectivity index (χ4v) is 4.56. The van der Waals surface area contributed by atoms with Gasteiger partial charge in [0.1, 0.15) is 5.78 Å². The molecule has 130 valence electrons. The average Bonchev–Trinajstić information content (AvgIpc) is 2.42. The number of carbonyl (C=O) groups is 1. The second-order valence-corrected chi connectivity index (χ2v) is 8.20. The molecule has 0 aliphatic heterocycles. The van der Waals surface area contributed by atoms with Crippen molar-refractivity contribution < 1.29 is 15.0 Å². The van der Waals surface area contributed by atoms with E-state index in [4.69, 9.17) is 0 Å². The van der Waals surface area contributed by atoms with E-state index in [1.807, 2.05) is 13.8 Å². The molecular formula is C19H36O3. The van der Waals surface area contributed by atoms with Crippen molar-refractivity contribution in [2.24, 2.45) is 29.6 Å². The summed E-state index contributed by atoms with van der Waals surface area (Å²) in [5.74, 6) is 1.19. The molecule has 0 bridgehead atoms. The standard InChI is InChI=1S/C19H36O3/c1-7-16-13(3)10-12(2)11-19(6,22)9-8-17(20)15(5)18(21)14(16)4/h12-16,18,21-22H,7-11H2,1-6H3/t12-,13?,14?,15?,16?,18?,19?/m0/s1. The van der Waals surface area contributed by atoms with Crippen molar-refractivity contribution in [3.05, 3.63) is 0 Å². The largest absolute Gasteiger partial charge is 0.392 e. The van der Waals surface area contributed by atoms with Crippen molar-refractivity contribution in [3.8, 4) is 0 Å². The van der Waals surface area contributed by atoms with Gasteiger partial charge in [-0.25, -0.2) is 0 Å². The molecule has 0 amide bonds. The van der Waals surface area contributed by atoms with Crippen LogP contribution in [0.4, 0.5) is 0 Å². The number of aliphatic hydroxyl groups excluding tert-OH is 1. The fraction of sp³-hybridized carbons (Fsp3) is 0.947. The van der Waals surface area contributed by atoms with Crippen LogP contribution in [-0.4, -0.2) is 27.7 Å². The van der Waals surface area contributed by atoms with Crippen LogP contribution in [0.25, 0.3) is 0 Å². The normalized spacial score (nSPS) is 45.9. The Morgan fingerprint density at radius 1 is 1.23 bits per heavy atom. The highest BCUT2D eigenvalue weighted by Gasteiger charge is 2.36. The summed E-state index contributed by atoms with van der Waals surface area (Å²) in [6, 6.07) is 0. The van der Waals surface area contributed by atoms with E-state index in [1.165, 1.54) is 0 Å². The van der Waals surface area contributed by atoms with Crippen molar-refractivity contribution >= 4 is 5.78 Å². The first kappa shape index (κ1) is 19.6. The van der Waals surface area contributed by atoms with Crippen LogP contribution in [0.2, 0.25) is 0 Å². The molecule has 0 radical (unpaired) electrons. The molecule has 0 heterocycles. The Labute approximate surface area is 136 Å². The Morgan fingerprint density at radius 2 is 1.82 bits per heavy atom. The fourth-order valence-electron chi connectivity index (χ4n) is 4.56. The first-order valence-corrected chi connectivity index (χ1v) is 9.02. The van der Waals surface area contributed by atoms with Crippen molar-refractivity contribution in [3.63, 3.8) is 0 Å². The lowest BCUT2D eigenvalue weighted by molar-refractivity contribution is -0.129. The first-order valence-electron chi connectivity index (χ1n) is 9.02. The average molecular weight is 312 g/mol. The molecule has 1 rings (SSSR count). The smallest absolute Gasteiger partial charge is 0.138 e. The van der Waals surface area contributed by atoms with E-state index in [0.29, 0.717) is 30.6 Å². The highest BCUT2D eigenvalue weighted by atomic mass is 16.3. The summed E-state index contributed by atoms with van der Waals surface area (Å²) < 4.78 is 0. The zero-order valence-corrected chi connectivity index (χ0v) is 15.3. The van der Waals surface area contributed by atoms with E-state index in [-0.39, 0.29) is 17.6 Å². The molecule has 7 atom stereocenters. The number of carbonyl (C=O) groups excluding carboxylic acids is 1. The maximum atomic E-state index is 12.4. The van der Waals surface area contributed by atoms with Crippen LogP contribution in [0.1, 0.15) is 73.6 Å². The molecule has 6 unspecified atom stereocenters. The van der Waals surface area contributed by atoms with Gasteiger partial charge in [-0.1, -0.05) is 41.0 Å². The summed E-state index contributed by atoms with van der Waals surface area (Å²) in [6.45, 7) is 12.4. The lowest BCUT2D eigenvalue weighted by Gasteiger charge is -2.37. The van der Waals surface area contributed by atoms with Crippen LogP contribution in [-0.2, 0) is 4.79 Å². The van der Waals surface area contributed by atoms with Crippen molar-refractivity contribution in [2.75, 3.05) is 0 Å². The van der Waals surface area contributed by atoms with E-state index in [1.54, 1.807) is 0 Å². The van der Waals surface area contributed by atoms with E-state index in [9.17, 15) is 15.0 Å². The van der Waals surface area contributed by atoms with Crippen molar-refractivity contribution in [1.29, 1.82) is 0 Å². The molecule has 3 heteroatoms. The predicted octanol–water partition coefficient (Wildman–Crippen LogP) is 3.81. The third-order valence-corrected chi connectivity index (χ3v) is 5.91. The zero-order valence-electron chi connectivity index (χ0n) is 15.3. The first-order chi connectivity index (χ1) is 10.1. The second kappa shape index (κ2) is 7.92. The van der Waals surface area contributed by atoms with Crippen molar-refractivity contribution in [1.82, 2.24) is 0 Å². The summed E-state index contributed by atoms with van der Waals surface area (Å²) in [5.41, 5.74) is -0.786. The monoisotopic (exact) mass is 312 g/mol. The summed E-state index contributed by atoms with van der Waals surface area (Å²) in [4.78, 5) is 12.4. The Hall–Kier alpha value is -0.410. The number of hydrogen-bond acceptors (Lipinski definition) is 3. The summed E-state index contributed by atoms with van der Waals surface area (Å²) in [5, 5.41) is 21.2. The minimum absolute atomic E-state index is 0.0790. The second-order valence-electron chi connectivity index (χ2n) is 8.20. The van der Waals surface area contributed by atoms with Crippen LogP contribution in [0.3, 0.4) is 0 Å². The maximum Gasteiger partial charge on any atom is 0.138 e. The Bertz CT molecular complexity index is 364. The molecule has 1 saturated carbocycles. The van der Waals surface area contributed by atoms with Gasteiger partial charge in [0.25, 0.3) is 0 Å². The molecule has 22 heavy (non-hydrogen) atoms. The molecular weight excluding hydrogens is 276 g/mol. The number of rotatable bonds is 1. The summed E-state index contributed by atoms with van der Waals surface area (Å²) in [6.07, 6.45) is 3.09. The van der Waals surface area contributed by atoms with E-state index >= 15 is 0 Å². The highest BCUT2D eigenvalue weighted by molar-refractivity contribution is 5.81. The van der Waals surface area contributed by atoms with Gasteiger partial charge in [-0.15, -0.1) is 0 Å². The molecule has 0 spiro atoms. The van der Waals surface area contributed by atoms with Gasteiger partial charge in [0.15, 0.2) is 0 Å². The Balaban J connectivity index is 3.02. The van der Waals surface area contributed by atoms with Crippen LogP contribution in [0, 0.1) is 29.6 Å².